The van der Waals surface area contributed by atoms with Crippen molar-refractivity contribution in [3.05, 3.63) is 90.3 Å². The third-order valence-corrected chi connectivity index (χ3v) is 4.07. The molecule has 0 fully saturated rings. The molecule has 1 heterocycles. The van der Waals surface area contributed by atoms with E-state index in [2.05, 4.69) is 10.6 Å². The highest BCUT2D eigenvalue weighted by Gasteiger charge is 2.16. The molecular formula is C22H20N3O3+. The van der Waals surface area contributed by atoms with Crippen LogP contribution in [0.5, 0.6) is 0 Å². The average molecular weight is 374 g/mol. The Hall–Kier alpha value is -3.80. The molecule has 3 rings (SSSR count). The van der Waals surface area contributed by atoms with E-state index in [0.717, 1.165) is 0 Å². The van der Waals surface area contributed by atoms with E-state index < -0.39 is 0 Å². The number of Topliss-reactive ketones (excluding diaryl/α,β-unsaturated/α-hetero) is 1. The number of nitrogens with zero attached hydrogens (tertiary/aromatic N) is 1. The molecule has 28 heavy (non-hydrogen) atoms. The maximum absolute atomic E-state index is 12.6. The van der Waals surface area contributed by atoms with Crippen LogP contribution in [0.1, 0.15) is 27.6 Å². The van der Waals surface area contributed by atoms with Crippen molar-refractivity contribution in [1.29, 1.82) is 0 Å². The smallest absolute Gasteiger partial charge is 0.290 e. The second kappa shape index (κ2) is 8.73. The molecule has 0 atom stereocenters. The summed E-state index contributed by atoms with van der Waals surface area (Å²) in [4.78, 5) is 36.5. The first-order chi connectivity index (χ1) is 13.5. The van der Waals surface area contributed by atoms with Gasteiger partial charge in [0.05, 0.1) is 16.8 Å². The van der Waals surface area contributed by atoms with Gasteiger partial charge in [0, 0.05) is 11.8 Å². The van der Waals surface area contributed by atoms with Gasteiger partial charge in [-0.25, -0.2) is 0 Å². The highest BCUT2D eigenvalue weighted by Crippen LogP contribution is 2.17. The number of nitrogens with one attached hydrogen (secondary N) is 2. The average Bonchev–Trinajstić information content (AvgIpc) is 2.69. The van der Waals surface area contributed by atoms with Crippen molar-refractivity contribution in [2.45, 2.75) is 13.5 Å². The van der Waals surface area contributed by atoms with Crippen LogP contribution in [0.3, 0.4) is 0 Å². The van der Waals surface area contributed by atoms with E-state index in [9.17, 15) is 14.4 Å². The van der Waals surface area contributed by atoms with Crippen molar-refractivity contribution >= 4 is 29.0 Å². The molecule has 2 N–H and O–H groups in total. The van der Waals surface area contributed by atoms with E-state index >= 15 is 0 Å². The lowest BCUT2D eigenvalue weighted by Gasteiger charge is -2.10. The predicted molar refractivity (Wildman–Crippen MR) is 106 cm³/mol. The SMILES string of the molecule is CC(=O)c1ccc[n+](CC(=O)Nc2ccccc2C(=O)Nc2ccccc2)c1. The number of anilines is 2. The number of hydrogen-bond acceptors (Lipinski definition) is 3. The molecule has 6 nitrogen and oxygen atoms in total. The molecule has 0 spiro atoms. The van der Waals surface area contributed by atoms with Crippen LogP contribution in [-0.2, 0) is 11.3 Å². The van der Waals surface area contributed by atoms with Gasteiger partial charge in [0.2, 0.25) is 6.54 Å². The molecule has 0 radical (unpaired) electrons. The van der Waals surface area contributed by atoms with Gasteiger partial charge in [-0.2, -0.15) is 4.57 Å². The molecule has 0 unspecified atom stereocenters. The maximum atomic E-state index is 12.6. The molecule has 2 amide bonds. The van der Waals surface area contributed by atoms with Crippen molar-refractivity contribution in [2.24, 2.45) is 0 Å². The van der Waals surface area contributed by atoms with Gasteiger partial charge in [0.1, 0.15) is 0 Å². The van der Waals surface area contributed by atoms with Gasteiger partial charge in [-0.05, 0) is 37.3 Å². The van der Waals surface area contributed by atoms with Crippen LogP contribution in [-0.4, -0.2) is 17.6 Å². The van der Waals surface area contributed by atoms with Gasteiger partial charge in [0.15, 0.2) is 18.2 Å². The van der Waals surface area contributed by atoms with Crippen molar-refractivity contribution in [3.8, 4) is 0 Å². The number of benzene rings is 2. The molecule has 3 aromatic rings. The summed E-state index contributed by atoms with van der Waals surface area (Å²) < 4.78 is 1.62. The van der Waals surface area contributed by atoms with Crippen molar-refractivity contribution in [3.63, 3.8) is 0 Å². The number of amides is 2. The largest absolute Gasteiger partial charge is 0.322 e. The molecule has 0 saturated carbocycles. The van der Waals surface area contributed by atoms with Crippen LogP contribution in [0.2, 0.25) is 0 Å². The quantitative estimate of drug-likeness (QED) is 0.514. The highest BCUT2D eigenvalue weighted by atomic mass is 16.2. The van der Waals surface area contributed by atoms with E-state index in [1.54, 1.807) is 65.5 Å². The number of pyridine rings is 1. The number of carbonyl (C=O) groups is 3. The van der Waals surface area contributed by atoms with Crippen LogP contribution in [0.4, 0.5) is 11.4 Å². The zero-order valence-corrected chi connectivity index (χ0v) is 15.4. The Morgan fingerprint density at radius 1 is 0.857 bits per heavy atom. The number of para-hydroxylation sites is 2. The number of ketones is 1. The summed E-state index contributed by atoms with van der Waals surface area (Å²) in [6, 6.07) is 19.3. The fraction of sp³-hybridized carbons (Fsp3) is 0.0909. The molecule has 0 aliphatic rings. The standard InChI is InChI=1S/C22H19N3O3/c1-16(26)17-8-7-13-25(14-17)15-21(27)24-20-12-6-5-11-19(20)22(28)23-18-9-3-2-4-10-18/h2-14H,15H2,1H3,(H-,23,24,27,28)/p+1. The topological polar surface area (TPSA) is 79.2 Å². The number of aromatic nitrogens is 1. The number of carbonyl (C=O) groups excluding carboxylic acids is 3. The zero-order valence-electron chi connectivity index (χ0n) is 15.4. The predicted octanol–water partition coefficient (Wildman–Crippen LogP) is 3.07. The van der Waals surface area contributed by atoms with Crippen LogP contribution in [0.15, 0.2) is 79.1 Å². The lowest BCUT2D eigenvalue weighted by Crippen LogP contribution is -2.40. The van der Waals surface area contributed by atoms with Gasteiger partial charge < -0.3 is 10.6 Å². The van der Waals surface area contributed by atoms with E-state index in [1.165, 1.54) is 6.92 Å². The summed E-state index contributed by atoms with van der Waals surface area (Å²) in [7, 11) is 0. The molecular weight excluding hydrogens is 354 g/mol. The molecule has 0 aliphatic carbocycles. The third-order valence-electron chi connectivity index (χ3n) is 4.07. The third kappa shape index (κ3) is 4.88. The summed E-state index contributed by atoms with van der Waals surface area (Å²) >= 11 is 0. The Morgan fingerprint density at radius 3 is 2.32 bits per heavy atom. The minimum atomic E-state index is -0.312. The molecule has 140 valence electrons. The molecule has 0 aliphatic heterocycles. The summed E-state index contributed by atoms with van der Waals surface area (Å²) in [6.07, 6.45) is 3.33. The second-order valence-corrected chi connectivity index (χ2v) is 6.24. The van der Waals surface area contributed by atoms with Gasteiger partial charge in [-0.1, -0.05) is 30.3 Å². The normalized spacial score (nSPS) is 10.2. The van der Waals surface area contributed by atoms with E-state index in [1.807, 2.05) is 18.2 Å². The van der Waals surface area contributed by atoms with Gasteiger partial charge in [-0.3, -0.25) is 14.4 Å². The fourth-order valence-electron chi connectivity index (χ4n) is 2.69. The van der Waals surface area contributed by atoms with Crippen LogP contribution < -0.4 is 15.2 Å². The first kappa shape index (κ1) is 19.0. The van der Waals surface area contributed by atoms with Gasteiger partial charge in [0.25, 0.3) is 11.8 Å². The summed E-state index contributed by atoms with van der Waals surface area (Å²) in [5, 5.41) is 5.58. The monoisotopic (exact) mass is 374 g/mol. The number of rotatable bonds is 6. The first-order valence-corrected chi connectivity index (χ1v) is 8.78. The maximum Gasteiger partial charge on any atom is 0.290 e. The minimum Gasteiger partial charge on any atom is -0.322 e. The Kier molecular flexibility index (Phi) is 5.91. The Bertz CT molecular complexity index is 1020. The van der Waals surface area contributed by atoms with Crippen LogP contribution in [0.25, 0.3) is 0 Å². The second-order valence-electron chi connectivity index (χ2n) is 6.24. The van der Waals surface area contributed by atoms with Gasteiger partial charge in [-0.15, -0.1) is 0 Å². The number of hydrogen-bond donors (Lipinski definition) is 2. The van der Waals surface area contributed by atoms with Crippen LogP contribution >= 0.6 is 0 Å². The first-order valence-electron chi connectivity index (χ1n) is 8.78. The molecule has 6 heteroatoms. The van der Waals surface area contributed by atoms with Crippen molar-refractivity contribution in [2.75, 3.05) is 10.6 Å². The molecule has 0 saturated heterocycles. The van der Waals surface area contributed by atoms with E-state index in [-0.39, 0.29) is 24.1 Å². The fourth-order valence-corrected chi connectivity index (χ4v) is 2.69. The summed E-state index contributed by atoms with van der Waals surface area (Å²) in [6.45, 7) is 1.50. The lowest BCUT2D eigenvalue weighted by molar-refractivity contribution is -0.684. The Balaban J connectivity index is 1.72. The van der Waals surface area contributed by atoms with E-state index in [4.69, 9.17) is 0 Å². The highest BCUT2D eigenvalue weighted by molar-refractivity contribution is 6.10. The Labute approximate surface area is 162 Å². The molecule has 1 aromatic heterocycles. The summed E-state index contributed by atoms with van der Waals surface area (Å²) in [5.41, 5.74) is 1.98. The lowest BCUT2D eigenvalue weighted by atomic mass is 10.1. The molecule has 2 aromatic carbocycles. The van der Waals surface area contributed by atoms with Crippen molar-refractivity contribution in [1.82, 2.24) is 0 Å². The molecule has 0 bridgehead atoms. The van der Waals surface area contributed by atoms with Gasteiger partial charge >= 0.3 is 0 Å². The summed E-state index contributed by atoms with van der Waals surface area (Å²) in [5.74, 6) is -0.684. The van der Waals surface area contributed by atoms with Crippen molar-refractivity contribution < 1.29 is 19.0 Å². The van der Waals surface area contributed by atoms with Crippen LogP contribution in [0, 0.1) is 0 Å². The minimum absolute atomic E-state index is 0.0236. The van der Waals surface area contributed by atoms with E-state index in [0.29, 0.717) is 22.5 Å². The Morgan fingerprint density at radius 2 is 1.57 bits per heavy atom. The zero-order chi connectivity index (χ0) is 19.9.